The number of nitrogens with zero attached hydrogens (tertiary/aromatic N) is 1. The number of hydrazine groups is 1. The molecule has 3 N–H and O–H groups in total. The molecule has 1 unspecified atom stereocenters. The Balaban J connectivity index is 2.56. The van der Waals surface area contributed by atoms with E-state index in [9.17, 15) is 0 Å². The van der Waals surface area contributed by atoms with Gasteiger partial charge in [0.25, 0.3) is 0 Å². The summed E-state index contributed by atoms with van der Waals surface area (Å²) >= 11 is 0. The summed E-state index contributed by atoms with van der Waals surface area (Å²) in [5.41, 5.74) is 5.26. The minimum atomic E-state index is 0.319. The fourth-order valence-electron chi connectivity index (χ4n) is 1.82. The number of nitrogens with one attached hydrogen (secondary N) is 1. The molecule has 0 aliphatic heterocycles. The molecule has 0 saturated carbocycles. The van der Waals surface area contributed by atoms with Crippen molar-refractivity contribution in [2.75, 3.05) is 0 Å². The van der Waals surface area contributed by atoms with E-state index in [1.54, 1.807) is 0 Å². The number of hydrogen-bond donors (Lipinski definition) is 2. The number of pyridine rings is 1. The van der Waals surface area contributed by atoms with Crippen LogP contribution in [0.3, 0.4) is 0 Å². The number of aryl methyl sites for hydroxylation is 1. The molecule has 0 spiro atoms. The van der Waals surface area contributed by atoms with Gasteiger partial charge in [-0.1, -0.05) is 26.8 Å². The van der Waals surface area contributed by atoms with Crippen LogP contribution < -0.4 is 11.3 Å². The maximum Gasteiger partial charge on any atom is 0.0419 e. The number of nitrogens with two attached hydrogens (primary N) is 1. The van der Waals surface area contributed by atoms with Gasteiger partial charge in [0.05, 0.1) is 0 Å². The Hall–Kier alpha value is -0.930. The molecular formula is C13H23N3. The first-order valence-electron chi connectivity index (χ1n) is 6.05. The summed E-state index contributed by atoms with van der Waals surface area (Å²) in [4.78, 5) is 4.45. The summed E-state index contributed by atoms with van der Waals surface area (Å²) in [5.74, 6) is 6.20. The zero-order valence-electron chi connectivity index (χ0n) is 10.5. The van der Waals surface area contributed by atoms with Crippen molar-refractivity contribution in [1.29, 1.82) is 0 Å². The second-order valence-electron chi connectivity index (χ2n) is 4.71. The van der Waals surface area contributed by atoms with Crippen molar-refractivity contribution in [3.8, 4) is 0 Å². The normalized spacial score (nSPS) is 13.1. The second kappa shape index (κ2) is 6.61. The first kappa shape index (κ1) is 13.1. The lowest BCUT2D eigenvalue weighted by Crippen LogP contribution is -2.37. The molecular weight excluding hydrogens is 198 g/mol. The summed E-state index contributed by atoms with van der Waals surface area (Å²) in [6.45, 7) is 6.55. The lowest BCUT2D eigenvalue weighted by Gasteiger charge is -2.17. The van der Waals surface area contributed by atoms with E-state index in [0.717, 1.165) is 25.0 Å². The largest absolute Gasteiger partial charge is 0.271 e. The summed E-state index contributed by atoms with van der Waals surface area (Å²) < 4.78 is 0. The van der Waals surface area contributed by atoms with E-state index in [4.69, 9.17) is 5.84 Å². The van der Waals surface area contributed by atoms with E-state index in [0.29, 0.717) is 12.0 Å². The molecule has 1 rings (SSSR count). The zero-order chi connectivity index (χ0) is 12.0. The maximum absolute atomic E-state index is 5.55. The molecule has 90 valence electrons. The van der Waals surface area contributed by atoms with Gasteiger partial charge in [-0.15, -0.1) is 0 Å². The third-order valence-electron chi connectivity index (χ3n) is 2.74. The Morgan fingerprint density at radius 2 is 2.12 bits per heavy atom. The highest BCUT2D eigenvalue weighted by atomic mass is 15.2. The highest BCUT2D eigenvalue weighted by Gasteiger charge is 2.10. The van der Waals surface area contributed by atoms with Crippen LogP contribution in [0.2, 0.25) is 0 Å². The predicted octanol–water partition coefficient (Wildman–Crippen LogP) is 2.06. The molecule has 0 amide bonds. The van der Waals surface area contributed by atoms with Gasteiger partial charge in [0.15, 0.2) is 0 Å². The van der Waals surface area contributed by atoms with E-state index in [1.807, 2.05) is 6.20 Å². The van der Waals surface area contributed by atoms with Crippen LogP contribution in [0.5, 0.6) is 0 Å². The third-order valence-corrected chi connectivity index (χ3v) is 2.74. The number of hydrogen-bond acceptors (Lipinski definition) is 3. The molecule has 1 aromatic rings. The Bertz CT molecular complexity index is 293. The third kappa shape index (κ3) is 4.29. The van der Waals surface area contributed by atoms with Gasteiger partial charge in [0.1, 0.15) is 0 Å². The van der Waals surface area contributed by atoms with Gasteiger partial charge in [-0.05, 0) is 30.4 Å². The lowest BCUT2D eigenvalue weighted by atomic mass is 10.00. The Morgan fingerprint density at radius 3 is 2.56 bits per heavy atom. The Morgan fingerprint density at radius 1 is 1.38 bits per heavy atom. The number of aromatic nitrogens is 1. The van der Waals surface area contributed by atoms with Gasteiger partial charge < -0.3 is 0 Å². The van der Waals surface area contributed by atoms with Gasteiger partial charge in [-0.25, -0.2) is 0 Å². The molecule has 16 heavy (non-hydrogen) atoms. The Labute approximate surface area is 98.4 Å². The lowest BCUT2D eigenvalue weighted by molar-refractivity contribution is 0.420. The molecule has 1 atom stereocenters. The van der Waals surface area contributed by atoms with Crippen LogP contribution in [-0.4, -0.2) is 11.0 Å². The first-order chi connectivity index (χ1) is 7.65. The quantitative estimate of drug-likeness (QED) is 0.571. The van der Waals surface area contributed by atoms with Crippen molar-refractivity contribution < 1.29 is 0 Å². The van der Waals surface area contributed by atoms with Gasteiger partial charge >= 0.3 is 0 Å². The van der Waals surface area contributed by atoms with Crippen LogP contribution in [0.1, 0.15) is 38.4 Å². The van der Waals surface area contributed by atoms with Crippen molar-refractivity contribution >= 4 is 0 Å². The standard InChI is InChI=1S/C13H23N3/c1-4-11-5-6-12(15-9-11)8-13(16-14)7-10(2)3/h5-6,9-10,13,16H,4,7-8,14H2,1-3H3. The topological polar surface area (TPSA) is 50.9 Å². The SMILES string of the molecule is CCc1ccc(CC(CC(C)C)NN)nc1. The smallest absolute Gasteiger partial charge is 0.0419 e. The average molecular weight is 221 g/mol. The highest BCUT2D eigenvalue weighted by Crippen LogP contribution is 2.09. The maximum atomic E-state index is 5.55. The zero-order valence-corrected chi connectivity index (χ0v) is 10.5. The molecule has 0 bridgehead atoms. The van der Waals surface area contributed by atoms with Crippen LogP contribution in [0.15, 0.2) is 18.3 Å². The van der Waals surface area contributed by atoms with Crippen molar-refractivity contribution in [3.05, 3.63) is 29.6 Å². The van der Waals surface area contributed by atoms with E-state index in [1.165, 1.54) is 5.56 Å². The molecule has 1 aromatic heterocycles. The molecule has 0 aromatic carbocycles. The molecule has 0 aliphatic carbocycles. The Kier molecular flexibility index (Phi) is 5.43. The number of rotatable bonds is 6. The summed E-state index contributed by atoms with van der Waals surface area (Å²) in [7, 11) is 0. The molecule has 0 radical (unpaired) electrons. The van der Waals surface area contributed by atoms with Crippen LogP contribution in [-0.2, 0) is 12.8 Å². The van der Waals surface area contributed by atoms with Crippen LogP contribution in [0, 0.1) is 5.92 Å². The van der Waals surface area contributed by atoms with Crippen molar-refractivity contribution in [2.24, 2.45) is 11.8 Å². The van der Waals surface area contributed by atoms with Crippen molar-refractivity contribution in [2.45, 2.75) is 46.1 Å². The van der Waals surface area contributed by atoms with E-state index in [-0.39, 0.29) is 0 Å². The van der Waals surface area contributed by atoms with Gasteiger partial charge in [-0.3, -0.25) is 16.3 Å². The summed E-state index contributed by atoms with van der Waals surface area (Å²) in [6, 6.07) is 4.56. The van der Waals surface area contributed by atoms with Crippen LogP contribution >= 0.6 is 0 Å². The first-order valence-corrected chi connectivity index (χ1v) is 6.05. The van der Waals surface area contributed by atoms with E-state index < -0.39 is 0 Å². The molecule has 0 saturated heterocycles. The molecule has 0 fully saturated rings. The van der Waals surface area contributed by atoms with Crippen LogP contribution in [0.4, 0.5) is 0 Å². The average Bonchev–Trinajstić information content (AvgIpc) is 2.28. The highest BCUT2D eigenvalue weighted by molar-refractivity contribution is 5.14. The van der Waals surface area contributed by atoms with Crippen molar-refractivity contribution in [1.82, 2.24) is 10.4 Å². The molecule has 3 nitrogen and oxygen atoms in total. The van der Waals surface area contributed by atoms with Gasteiger partial charge in [-0.2, -0.15) is 0 Å². The van der Waals surface area contributed by atoms with Gasteiger partial charge in [0, 0.05) is 24.4 Å². The summed E-state index contributed by atoms with van der Waals surface area (Å²) in [5, 5.41) is 0. The minimum absolute atomic E-state index is 0.319. The monoisotopic (exact) mass is 221 g/mol. The van der Waals surface area contributed by atoms with E-state index >= 15 is 0 Å². The second-order valence-corrected chi connectivity index (χ2v) is 4.71. The fraction of sp³-hybridized carbons (Fsp3) is 0.615. The molecule has 0 aliphatic rings. The predicted molar refractivity (Wildman–Crippen MR) is 67.9 cm³/mol. The minimum Gasteiger partial charge on any atom is -0.271 e. The fourth-order valence-corrected chi connectivity index (χ4v) is 1.82. The molecule has 3 heteroatoms. The summed E-state index contributed by atoms with van der Waals surface area (Å²) in [6.07, 6.45) is 4.97. The van der Waals surface area contributed by atoms with Gasteiger partial charge in [0.2, 0.25) is 0 Å². The van der Waals surface area contributed by atoms with Crippen molar-refractivity contribution in [3.63, 3.8) is 0 Å². The molecule has 1 heterocycles. The van der Waals surface area contributed by atoms with E-state index in [2.05, 4.69) is 43.3 Å². The van der Waals surface area contributed by atoms with Crippen LogP contribution in [0.25, 0.3) is 0 Å².